The number of anilines is 2. The van der Waals surface area contributed by atoms with E-state index in [1.165, 1.54) is 25.2 Å². The zero-order chi connectivity index (χ0) is 21.7. The van der Waals surface area contributed by atoms with Crippen molar-refractivity contribution in [1.29, 1.82) is 0 Å². The SMILES string of the molecule is FC(F)(F)c1cc(NCc2ccnc(N3CCCCCC3)c2)nc(-c2ccncc2)n1. The lowest BCUT2D eigenvalue weighted by Crippen LogP contribution is -2.25. The zero-order valence-electron chi connectivity index (χ0n) is 16.9. The van der Waals surface area contributed by atoms with E-state index < -0.39 is 11.9 Å². The predicted molar refractivity (Wildman–Crippen MR) is 113 cm³/mol. The lowest BCUT2D eigenvalue weighted by atomic mass is 10.2. The highest BCUT2D eigenvalue weighted by Crippen LogP contribution is 2.31. The van der Waals surface area contributed by atoms with Crippen molar-refractivity contribution in [2.24, 2.45) is 0 Å². The number of halogens is 3. The van der Waals surface area contributed by atoms with Gasteiger partial charge in [0.15, 0.2) is 11.5 Å². The molecule has 0 aromatic carbocycles. The Morgan fingerprint density at radius 2 is 1.65 bits per heavy atom. The molecule has 31 heavy (non-hydrogen) atoms. The van der Waals surface area contributed by atoms with Gasteiger partial charge in [0.05, 0.1) is 0 Å². The van der Waals surface area contributed by atoms with Gasteiger partial charge in [-0.25, -0.2) is 15.0 Å². The fraction of sp³-hybridized carbons (Fsp3) is 0.364. The Kier molecular flexibility index (Phi) is 6.29. The maximum absolute atomic E-state index is 13.4. The first-order valence-corrected chi connectivity index (χ1v) is 10.3. The maximum atomic E-state index is 13.4. The number of aromatic nitrogens is 4. The summed E-state index contributed by atoms with van der Waals surface area (Å²) < 4.78 is 40.1. The van der Waals surface area contributed by atoms with E-state index in [4.69, 9.17) is 0 Å². The molecule has 1 aliphatic rings. The van der Waals surface area contributed by atoms with Gasteiger partial charge in [0, 0.05) is 49.9 Å². The molecular formula is C22H23F3N6. The van der Waals surface area contributed by atoms with Crippen molar-refractivity contribution in [2.45, 2.75) is 38.4 Å². The molecule has 1 fully saturated rings. The van der Waals surface area contributed by atoms with E-state index in [9.17, 15) is 13.2 Å². The third-order valence-electron chi connectivity index (χ3n) is 5.17. The number of hydrogen-bond acceptors (Lipinski definition) is 6. The third kappa shape index (κ3) is 5.48. The fourth-order valence-corrected chi connectivity index (χ4v) is 3.55. The van der Waals surface area contributed by atoms with E-state index in [0.29, 0.717) is 12.1 Å². The number of alkyl halides is 3. The van der Waals surface area contributed by atoms with E-state index >= 15 is 0 Å². The van der Waals surface area contributed by atoms with Crippen molar-refractivity contribution in [3.05, 3.63) is 60.2 Å². The Balaban J connectivity index is 1.55. The summed E-state index contributed by atoms with van der Waals surface area (Å²) in [7, 11) is 0. The van der Waals surface area contributed by atoms with Crippen LogP contribution in [0.5, 0.6) is 0 Å². The third-order valence-corrected chi connectivity index (χ3v) is 5.17. The van der Waals surface area contributed by atoms with Crippen LogP contribution in [0.2, 0.25) is 0 Å². The summed E-state index contributed by atoms with van der Waals surface area (Å²) in [6, 6.07) is 7.92. The number of rotatable bonds is 5. The van der Waals surface area contributed by atoms with Crippen molar-refractivity contribution in [1.82, 2.24) is 19.9 Å². The first-order valence-electron chi connectivity index (χ1n) is 10.3. The number of nitrogens with one attached hydrogen (secondary N) is 1. The molecule has 0 saturated carbocycles. The minimum Gasteiger partial charge on any atom is -0.366 e. The second-order valence-electron chi connectivity index (χ2n) is 7.47. The van der Waals surface area contributed by atoms with Crippen LogP contribution in [0.1, 0.15) is 36.9 Å². The monoisotopic (exact) mass is 428 g/mol. The molecule has 0 aliphatic carbocycles. The summed E-state index contributed by atoms with van der Waals surface area (Å²) in [4.78, 5) is 18.6. The highest BCUT2D eigenvalue weighted by atomic mass is 19.4. The largest absolute Gasteiger partial charge is 0.433 e. The summed E-state index contributed by atoms with van der Waals surface area (Å²) >= 11 is 0. The summed E-state index contributed by atoms with van der Waals surface area (Å²) in [6.45, 7) is 2.27. The molecule has 4 heterocycles. The average molecular weight is 428 g/mol. The van der Waals surface area contributed by atoms with Crippen LogP contribution in [-0.4, -0.2) is 33.0 Å². The molecule has 0 unspecified atom stereocenters. The van der Waals surface area contributed by atoms with E-state index in [1.54, 1.807) is 18.3 Å². The molecule has 0 radical (unpaired) electrons. The molecule has 3 aromatic rings. The summed E-state index contributed by atoms with van der Waals surface area (Å²) in [5.41, 5.74) is 0.403. The second-order valence-corrected chi connectivity index (χ2v) is 7.47. The zero-order valence-corrected chi connectivity index (χ0v) is 16.9. The van der Waals surface area contributed by atoms with Gasteiger partial charge >= 0.3 is 6.18 Å². The van der Waals surface area contributed by atoms with Gasteiger partial charge in [0.25, 0.3) is 0 Å². The molecule has 0 spiro atoms. The van der Waals surface area contributed by atoms with Gasteiger partial charge in [-0.1, -0.05) is 12.8 Å². The van der Waals surface area contributed by atoms with Gasteiger partial charge in [0.2, 0.25) is 0 Å². The van der Waals surface area contributed by atoms with Crippen molar-refractivity contribution in [3.63, 3.8) is 0 Å². The van der Waals surface area contributed by atoms with Crippen molar-refractivity contribution < 1.29 is 13.2 Å². The Hall–Kier alpha value is -3.23. The molecule has 1 saturated heterocycles. The Labute approximate surface area is 178 Å². The van der Waals surface area contributed by atoms with Crippen molar-refractivity contribution >= 4 is 11.6 Å². The van der Waals surface area contributed by atoms with Crippen LogP contribution >= 0.6 is 0 Å². The molecule has 0 atom stereocenters. The first-order chi connectivity index (χ1) is 15.0. The minimum atomic E-state index is -4.57. The molecule has 6 nitrogen and oxygen atoms in total. The topological polar surface area (TPSA) is 66.8 Å². The minimum absolute atomic E-state index is 0.000269. The van der Waals surface area contributed by atoms with E-state index in [0.717, 1.165) is 43.4 Å². The molecule has 1 aliphatic heterocycles. The highest BCUT2D eigenvalue weighted by molar-refractivity contribution is 5.57. The van der Waals surface area contributed by atoms with E-state index in [1.807, 2.05) is 12.1 Å². The number of pyridine rings is 2. The van der Waals surface area contributed by atoms with Gasteiger partial charge in [-0.05, 0) is 42.7 Å². The fourth-order valence-electron chi connectivity index (χ4n) is 3.55. The quantitative estimate of drug-likeness (QED) is 0.621. The standard InChI is InChI=1S/C22H23F3N6/c23-22(24,25)18-14-19(30-21(29-18)17-6-8-26-9-7-17)28-15-16-5-10-27-20(13-16)31-11-3-1-2-4-12-31/h5-10,13-14H,1-4,11-12,15H2,(H,28,29,30). The Morgan fingerprint density at radius 3 is 2.35 bits per heavy atom. The van der Waals surface area contributed by atoms with Gasteiger partial charge < -0.3 is 10.2 Å². The molecule has 9 heteroatoms. The molecule has 162 valence electrons. The molecule has 0 bridgehead atoms. The smallest absolute Gasteiger partial charge is 0.366 e. The highest BCUT2D eigenvalue weighted by Gasteiger charge is 2.33. The van der Waals surface area contributed by atoms with Crippen LogP contribution in [-0.2, 0) is 12.7 Å². The van der Waals surface area contributed by atoms with Crippen molar-refractivity contribution in [3.8, 4) is 11.4 Å². The van der Waals surface area contributed by atoms with Crippen LogP contribution in [0.15, 0.2) is 48.9 Å². The normalized spacial score (nSPS) is 14.9. The number of nitrogens with zero attached hydrogens (tertiary/aromatic N) is 5. The van der Waals surface area contributed by atoms with Crippen LogP contribution in [0, 0.1) is 0 Å². The average Bonchev–Trinajstić information content (AvgIpc) is 3.07. The molecule has 4 rings (SSSR count). The summed E-state index contributed by atoms with van der Waals surface area (Å²) in [5.74, 6) is 1.01. The van der Waals surface area contributed by atoms with Gasteiger partial charge in [-0.3, -0.25) is 4.98 Å². The van der Waals surface area contributed by atoms with E-state index in [-0.39, 0.29) is 11.6 Å². The van der Waals surface area contributed by atoms with Crippen LogP contribution in [0.4, 0.5) is 24.8 Å². The summed E-state index contributed by atoms with van der Waals surface area (Å²) in [5, 5.41) is 3.01. The van der Waals surface area contributed by atoms with Gasteiger partial charge in [-0.2, -0.15) is 13.2 Å². The van der Waals surface area contributed by atoms with Crippen LogP contribution in [0.25, 0.3) is 11.4 Å². The van der Waals surface area contributed by atoms with Crippen LogP contribution < -0.4 is 10.2 Å². The van der Waals surface area contributed by atoms with Gasteiger partial charge in [-0.15, -0.1) is 0 Å². The lowest BCUT2D eigenvalue weighted by Gasteiger charge is -2.22. The number of hydrogen-bond donors (Lipinski definition) is 1. The summed E-state index contributed by atoms with van der Waals surface area (Å²) in [6.07, 6.45) is 4.89. The Bertz CT molecular complexity index is 1000. The van der Waals surface area contributed by atoms with Crippen molar-refractivity contribution in [2.75, 3.05) is 23.3 Å². The molecule has 1 N–H and O–H groups in total. The predicted octanol–water partition coefficient (Wildman–Crippen LogP) is 4.94. The van der Waals surface area contributed by atoms with E-state index in [2.05, 4.69) is 30.2 Å². The van der Waals surface area contributed by atoms with Gasteiger partial charge in [0.1, 0.15) is 11.6 Å². The molecular weight excluding hydrogens is 405 g/mol. The Morgan fingerprint density at radius 1 is 0.903 bits per heavy atom. The maximum Gasteiger partial charge on any atom is 0.433 e. The van der Waals surface area contributed by atoms with Crippen LogP contribution in [0.3, 0.4) is 0 Å². The molecule has 0 amide bonds. The molecule has 3 aromatic heterocycles. The second kappa shape index (κ2) is 9.28. The first kappa shape index (κ1) is 21.0. The lowest BCUT2D eigenvalue weighted by molar-refractivity contribution is -0.141.